The molecule has 0 radical (unpaired) electrons. The maximum atomic E-state index is 12.1. The van der Waals surface area contributed by atoms with Gasteiger partial charge in [0, 0.05) is 19.6 Å². The predicted octanol–water partition coefficient (Wildman–Crippen LogP) is 3.70. The number of hydrogen-bond donors (Lipinski definition) is 1. The smallest absolute Gasteiger partial charge is 0.318 e. The summed E-state index contributed by atoms with van der Waals surface area (Å²) in [5, 5.41) is 2.99. The van der Waals surface area contributed by atoms with Crippen LogP contribution in [0.25, 0.3) is 0 Å². The number of hydrogen-bond acceptors (Lipinski definition) is 1. The van der Waals surface area contributed by atoms with Crippen molar-refractivity contribution in [2.75, 3.05) is 19.6 Å². The summed E-state index contributed by atoms with van der Waals surface area (Å²) >= 11 is 0. The monoisotopic (exact) mass is 296 g/mol. The lowest BCUT2D eigenvalue weighted by Gasteiger charge is -2.15. The number of urea groups is 1. The minimum Gasteiger partial charge on any atom is -0.338 e. The van der Waals surface area contributed by atoms with Gasteiger partial charge in [0.15, 0.2) is 0 Å². The number of aryl methyl sites for hydroxylation is 1. The lowest BCUT2D eigenvalue weighted by molar-refractivity contribution is 0.211. The van der Waals surface area contributed by atoms with E-state index in [1.807, 2.05) is 12.1 Å². The van der Waals surface area contributed by atoms with Crippen molar-refractivity contribution in [1.82, 2.24) is 10.2 Å². The van der Waals surface area contributed by atoms with E-state index in [2.05, 4.69) is 42.7 Å². The molecule has 3 heteroatoms. The molecule has 1 saturated heterocycles. The molecule has 116 valence electrons. The van der Waals surface area contributed by atoms with Crippen molar-refractivity contribution in [2.24, 2.45) is 0 Å². The van der Waals surface area contributed by atoms with Crippen LogP contribution in [0.1, 0.15) is 18.4 Å². The average molecular weight is 296 g/mol. The van der Waals surface area contributed by atoms with Crippen molar-refractivity contribution in [2.45, 2.75) is 19.3 Å². The van der Waals surface area contributed by atoms with Crippen LogP contribution in [0.2, 0.25) is 0 Å². The molecule has 1 N–H and O–H groups in total. The van der Waals surface area contributed by atoms with Crippen LogP contribution < -0.4 is 5.32 Å². The number of carbonyl (C=O) groups is 1. The molecular formula is C19H24N2O. The highest BCUT2D eigenvalue weighted by atomic mass is 16.2. The van der Waals surface area contributed by atoms with Crippen LogP contribution in [0, 0.1) is 0 Å². The Kier molecular flexibility index (Phi) is 6.01. The molecule has 1 aliphatic rings. The van der Waals surface area contributed by atoms with E-state index in [4.69, 9.17) is 0 Å². The van der Waals surface area contributed by atoms with E-state index in [9.17, 15) is 4.79 Å². The molecule has 0 aliphatic carbocycles. The van der Waals surface area contributed by atoms with E-state index in [-0.39, 0.29) is 6.03 Å². The van der Waals surface area contributed by atoms with Crippen molar-refractivity contribution < 1.29 is 4.79 Å². The zero-order valence-corrected chi connectivity index (χ0v) is 13.1. The van der Waals surface area contributed by atoms with Gasteiger partial charge in [0.25, 0.3) is 0 Å². The second-order valence-corrected chi connectivity index (χ2v) is 5.56. The van der Waals surface area contributed by atoms with Crippen molar-refractivity contribution >= 4 is 6.03 Å². The summed E-state index contributed by atoms with van der Waals surface area (Å²) in [7, 11) is 0. The zero-order valence-electron chi connectivity index (χ0n) is 13.1. The average Bonchev–Trinajstić information content (AvgIpc) is 2.89. The lowest BCUT2D eigenvalue weighted by atomic mass is 10.1. The van der Waals surface area contributed by atoms with Gasteiger partial charge >= 0.3 is 6.03 Å². The van der Waals surface area contributed by atoms with Gasteiger partial charge < -0.3 is 10.2 Å². The molecule has 2 rings (SSSR count). The number of likely N-dealkylation sites (tertiary alicyclic amines) is 1. The number of rotatable bonds is 6. The summed E-state index contributed by atoms with van der Waals surface area (Å²) in [6, 6.07) is 10.4. The van der Waals surface area contributed by atoms with Crippen molar-refractivity contribution in [3.8, 4) is 0 Å². The zero-order chi connectivity index (χ0) is 15.8. The first-order valence-electron chi connectivity index (χ1n) is 7.77. The minimum absolute atomic E-state index is 0.00618. The van der Waals surface area contributed by atoms with Gasteiger partial charge in [-0.2, -0.15) is 0 Å². The number of benzene rings is 1. The van der Waals surface area contributed by atoms with Crippen LogP contribution in [0.3, 0.4) is 0 Å². The summed E-state index contributed by atoms with van der Waals surface area (Å²) in [5.74, 6) is 0. The summed E-state index contributed by atoms with van der Waals surface area (Å²) in [6.07, 6.45) is 6.80. The van der Waals surface area contributed by atoms with Crippen molar-refractivity contribution in [3.63, 3.8) is 0 Å². The van der Waals surface area contributed by atoms with Crippen LogP contribution in [0.15, 0.2) is 66.8 Å². The van der Waals surface area contributed by atoms with Gasteiger partial charge in [-0.15, -0.1) is 0 Å². The maximum Gasteiger partial charge on any atom is 0.318 e. The van der Waals surface area contributed by atoms with Crippen LogP contribution in [-0.2, 0) is 6.42 Å². The van der Waals surface area contributed by atoms with Crippen LogP contribution in [0.4, 0.5) is 4.79 Å². The van der Waals surface area contributed by atoms with Crippen LogP contribution >= 0.6 is 0 Å². The van der Waals surface area contributed by atoms with E-state index < -0.39 is 0 Å². The SMILES string of the molecule is C=C/C=C1/CN(C(=O)NCCCCc2ccccc2)CC1=C. The standard InChI is InChI=1S/C19H24N2O/c1-3-9-18-15-21(14-16(18)2)19(22)20-13-8-7-12-17-10-5-4-6-11-17/h3-6,9-11H,1-2,7-8,12-15H2,(H,20,22)/b18-9-. The lowest BCUT2D eigenvalue weighted by Crippen LogP contribution is -2.38. The second-order valence-electron chi connectivity index (χ2n) is 5.56. The predicted molar refractivity (Wildman–Crippen MR) is 91.8 cm³/mol. The van der Waals surface area contributed by atoms with Gasteiger partial charge in [0.1, 0.15) is 0 Å². The Balaban J connectivity index is 1.65. The Bertz CT molecular complexity index is 560. The highest BCUT2D eigenvalue weighted by Gasteiger charge is 2.23. The molecule has 22 heavy (non-hydrogen) atoms. The third kappa shape index (κ3) is 4.62. The molecule has 0 bridgehead atoms. The molecule has 0 saturated carbocycles. The fourth-order valence-electron chi connectivity index (χ4n) is 2.57. The van der Waals surface area contributed by atoms with Gasteiger partial charge in [-0.25, -0.2) is 4.79 Å². The van der Waals surface area contributed by atoms with Gasteiger partial charge in [0.2, 0.25) is 0 Å². The van der Waals surface area contributed by atoms with Crippen LogP contribution in [-0.4, -0.2) is 30.6 Å². The topological polar surface area (TPSA) is 32.3 Å². The Morgan fingerprint density at radius 3 is 2.73 bits per heavy atom. The number of unbranched alkanes of at least 4 members (excludes halogenated alkanes) is 1. The first-order valence-corrected chi connectivity index (χ1v) is 7.77. The normalized spacial score (nSPS) is 16.1. The third-order valence-corrected chi connectivity index (χ3v) is 3.81. The van der Waals surface area contributed by atoms with Gasteiger partial charge in [0.05, 0.1) is 0 Å². The largest absolute Gasteiger partial charge is 0.338 e. The first kappa shape index (κ1) is 16.1. The summed E-state index contributed by atoms with van der Waals surface area (Å²) in [5.41, 5.74) is 3.44. The first-order chi connectivity index (χ1) is 10.7. The van der Waals surface area contributed by atoms with E-state index >= 15 is 0 Å². The number of amides is 2. The molecule has 1 fully saturated rings. The van der Waals surface area contributed by atoms with Gasteiger partial charge in [-0.3, -0.25) is 0 Å². The van der Waals surface area contributed by atoms with Crippen molar-refractivity contribution in [1.29, 1.82) is 0 Å². The quantitative estimate of drug-likeness (QED) is 0.798. The van der Waals surface area contributed by atoms with Gasteiger partial charge in [-0.1, -0.05) is 55.6 Å². The molecule has 1 aromatic rings. The second kappa shape index (κ2) is 8.23. The Labute approximate surface area is 133 Å². The highest BCUT2D eigenvalue weighted by molar-refractivity contribution is 5.76. The minimum atomic E-state index is -0.00618. The third-order valence-electron chi connectivity index (χ3n) is 3.81. The molecule has 0 spiro atoms. The molecule has 1 aromatic carbocycles. The van der Waals surface area contributed by atoms with Crippen molar-refractivity contribution in [3.05, 3.63) is 72.4 Å². The summed E-state index contributed by atoms with van der Waals surface area (Å²) in [6.45, 7) is 9.63. The van der Waals surface area contributed by atoms with Gasteiger partial charge in [-0.05, 0) is 36.0 Å². The molecule has 1 aliphatic heterocycles. The highest BCUT2D eigenvalue weighted by Crippen LogP contribution is 2.19. The molecule has 0 unspecified atom stereocenters. The Morgan fingerprint density at radius 1 is 1.23 bits per heavy atom. The molecule has 0 atom stereocenters. The summed E-state index contributed by atoms with van der Waals surface area (Å²) < 4.78 is 0. The van der Waals surface area contributed by atoms with E-state index in [0.717, 1.165) is 37.0 Å². The molecule has 3 nitrogen and oxygen atoms in total. The van der Waals surface area contributed by atoms with E-state index in [0.29, 0.717) is 13.1 Å². The fourth-order valence-corrected chi connectivity index (χ4v) is 2.57. The summed E-state index contributed by atoms with van der Waals surface area (Å²) in [4.78, 5) is 13.9. The fraction of sp³-hybridized carbons (Fsp3) is 0.316. The molecule has 1 heterocycles. The number of allylic oxidation sites excluding steroid dienone is 2. The Hall–Kier alpha value is -2.29. The van der Waals surface area contributed by atoms with E-state index in [1.54, 1.807) is 11.0 Å². The number of carbonyl (C=O) groups excluding carboxylic acids is 1. The molecular weight excluding hydrogens is 272 g/mol. The molecule has 0 aromatic heterocycles. The molecule has 2 amide bonds. The van der Waals surface area contributed by atoms with E-state index in [1.165, 1.54) is 5.56 Å². The Morgan fingerprint density at radius 2 is 2.00 bits per heavy atom. The van der Waals surface area contributed by atoms with Crippen LogP contribution in [0.5, 0.6) is 0 Å². The maximum absolute atomic E-state index is 12.1. The number of nitrogens with one attached hydrogen (secondary N) is 1. The number of nitrogens with zero attached hydrogens (tertiary/aromatic N) is 1.